The van der Waals surface area contributed by atoms with Gasteiger partial charge in [-0.25, -0.2) is 0 Å². The first-order chi connectivity index (χ1) is 9.15. The standard InChI is InChI=1S/C14H18N2O2S/c1-10-4-3-5-11-12(10)16(13(19)15-11)8-14(17-2)6-7-18-9-14/h3-5H,6-9H2,1-2H3,(H,15,19). The number of fused-ring (bicyclic) bond motifs is 1. The van der Waals surface area contributed by atoms with Gasteiger partial charge in [-0.15, -0.1) is 0 Å². The van der Waals surface area contributed by atoms with Crippen LogP contribution in [0.4, 0.5) is 0 Å². The number of aromatic nitrogens is 2. The normalized spacial score (nSPS) is 23.3. The van der Waals surface area contributed by atoms with Crippen LogP contribution < -0.4 is 0 Å². The topological polar surface area (TPSA) is 39.2 Å². The third kappa shape index (κ3) is 2.12. The van der Waals surface area contributed by atoms with Crippen LogP contribution >= 0.6 is 12.2 Å². The Labute approximate surface area is 117 Å². The second kappa shape index (κ2) is 4.74. The van der Waals surface area contributed by atoms with Crippen molar-refractivity contribution in [1.82, 2.24) is 9.55 Å². The van der Waals surface area contributed by atoms with Crippen LogP contribution in [0.5, 0.6) is 0 Å². The maximum Gasteiger partial charge on any atom is 0.178 e. The first kappa shape index (κ1) is 12.8. The molecule has 2 heterocycles. The third-order valence-corrected chi connectivity index (χ3v) is 4.26. The van der Waals surface area contributed by atoms with Gasteiger partial charge in [0.05, 0.1) is 24.2 Å². The zero-order chi connectivity index (χ0) is 13.5. The monoisotopic (exact) mass is 278 g/mol. The highest BCUT2D eigenvalue weighted by Crippen LogP contribution is 2.27. The summed E-state index contributed by atoms with van der Waals surface area (Å²) >= 11 is 5.46. The number of aromatic amines is 1. The Bertz CT molecular complexity index is 653. The smallest absolute Gasteiger partial charge is 0.178 e. The summed E-state index contributed by atoms with van der Waals surface area (Å²) in [6, 6.07) is 6.20. The summed E-state index contributed by atoms with van der Waals surface area (Å²) in [5, 5.41) is 0. The lowest BCUT2D eigenvalue weighted by Crippen LogP contribution is -2.37. The van der Waals surface area contributed by atoms with Gasteiger partial charge in [-0.1, -0.05) is 12.1 Å². The van der Waals surface area contributed by atoms with E-state index in [-0.39, 0.29) is 5.60 Å². The number of aryl methyl sites for hydroxylation is 1. The minimum Gasteiger partial charge on any atom is -0.378 e. The molecule has 0 amide bonds. The van der Waals surface area contributed by atoms with Crippen molar-refractivity contribution in [2.45, 2.75) is 25.5 Å². The number of rotatable bonds is 3. The molecule has 0 aliphatic carbocycles. The van der Waals surface area contributed by atoms with Gasteiger partial charge in [0, 0.05) is 20.1 Å². The highest BCUT2D eigenvalue weighted by molar-refractivity contribution is 7.71. The average molecular weight is 278 g/mol. The molecular formula is C14H18N2O2S. The molecule has 1 aliphatic heterocycles. The number of para-hydroxylation sites is 1. The fourth-order valence-electron chi connectivity index (χ4n) is 2.78. The minimum atomic E-state index is -0.254. The van der Waals surface area contributed by atoms with Gasteiger partial charge in [0.25, 0.3) is 0 Å². The van der Waals surface area contributed by atoms with Gasteiger partial charge in [-0.05, 0) is 30.8 Å². The Morgan fingerprint density at radius 3 is 3.05 bits per heavy atom. The Morgan fingerprint density at radius 1 is 1.53 bits per heavy atom. The summed E-state index contributed by atoms with van der Waals surface area (Å²) < 4.78 is 14.1. The molecule has 1 aromatic carbocycles. The molecule has 3 rings (SSSR count). The number of hydrogen-bond donors (Lipinski definition) is 1. The molecule has 4 nitrogen and oxygen atoms in total. The fourth-order valence-corrected chi connectivity index (χ4v) is 3.05. The number of H-pyrrole nitrogens is 1. The van der Waals surface area contributed by atoms with Crippen molar-refractivity contribution >= 4 is 23.3 Å². The molecule has 1 atom stereocenters. The molecule has 2 aromatic rings. The Morgan fingerprint density at radius 2 is 2.37 bits per heavy atom. The summed E-state index contributed by atoms with van der Waals surface area (Å²) in [5.74, 6) is 0. The Balaban J connectivity index is 2.10. The maximum absolute atomic E-state index is 5.71. The molecule has 19 heavy (non-hydrogen) atoms. The number of benzene rings is 1. The maximum atomic E-state index is 5.71. The van der Waals surface area contributed by atoms with E-state index in [1.807, 2.05) is 6.07 Å². The van der Waals surface area contributed by atoms with Crippen LogP contribution in [0.1, 0.15) is 12.0 Å². The van der Waals surface area contributed by atoms with Crippen molar-refractivity contribution in [2.75, 3.05) is 20.3 Å². The zero-order valence-electron chi connectivity index (χ0n) is 11.2. The first-order valence-electron chi connectivity index (χ1n) is 6.46. The van der Waals surface area contributed by atoms with Crippen molar-refractivity contribution in [3.05, 3.63) is 28.5 Å². The predicted molar refractivity (Wildman–Crippen MR) is 77.0 cm³/mol. The van der Waals surface area contributed by atoms with Gasteiger partial charge in [0.2, 0.25) is 0 Å². The molecule has 1 saturated heterocycles. The van der Waals surface area contributed by atoms with Crippen LogP contribution in [-0.2, 0) is 16.0 Å². The van der Waals surface area contributed by atoms with Gasteiger partial charge in [-0.2, -0.15) is 0 Å². The summed E-state index contributed by atoms with van der Waals surface area (Å²) in [4.78, 5) is 3.26. The van der Waals surface area contributed by atoms with E-state index in [1.165, 1.54) is 5.56 Å². The number of imidazole rings is 1. The van der Waals surface area contributed by atoms with E-state index in [0.29, 0.717) is 6.61 Å². The van der Waals surface area contributed by atoms with Crippen LogP contribution in [0.25, 0.3) is 11.0 Å². The van der Waals surface area contributed by atoms with E-state index in [1.54, 1.807) is 7.11 Å². The van der Waals surface area contributed by atoms with Crippen LogP contribution in [0.15, 0.2) is 18.2 Å². The SMILES string of the molecule is COC1(Cn2c(=S)[nH]c3cccc(C)c32)CCOC1. The quantitative estimate of drug-likeness (QED) is 0.878. The van der Waals surface area contributed by atoms with Crippen LogP contribution in [0.2, 0.25) is 0 Å². The highest BCUT2D eigenvalue weighted by Gasteiger charge is 2.36. The number of nitrogens with one attached hydrogen (secondary N) is 1. The number of methoxy groups -OCH3 is 1. The zero-order valence-corrected chi connectivity index (χ0v) is 12.0. The van der Waals surface area contributed by atoms with E-state index in [9.17, 15) is 0 Å². The van der Waals surface area contributed by atoms with Crippen molar-refractivity contribution < 1.29 is 9.47 Å². The molecule has 102 valence electrons. The molecule has 5 heteroatoms. The van der Waals surface area contributed by atoms with Gasteiger partial charge in [-0.3, -0.25) is 0 Å². The average Bonchev–Trinajstić information content (AvgIpc) is 2.97. The Hall–Kier alpha value is -1.17. The molecule has 0 radical (unpaired) electrons. The summed E-state index contributed by atoms with van der Waals surface area (Å²) in [6.07, 6.45) is 0.907. The molecule has 1 N–H and O–H groups in total. The molecule has 1 unspecified atom stereocenters. The third-order valence-electron chi connectivity index (χ3n) is 3.94. The van der Waals surface area contributed by atoms with Gasteiger partial charge in [0.1, 0.15) is 5.60 Å². The second-order valence-electron chi connectivity index (χ2n) is 5.18. The van der Waals surface area contributed by atoms with Crippen LogP contribution in [0.3, 0.4) is 0 Å². The number of ether oxygens (including phenoxy) is 2. The Kier molecular flexibility index (Phi) is 3.20. The lowest BCUT2D eigenvalue weighted by molar-refractivity contribution is -0.0290. The van der Waals surface area contributed by atoms with Gasteiger partial charge in [0.15, 0.2) is 4.77 Å². The van der Waals surface area contributed by atoms with Crippen molar-refractivity contribution in [3.8, 4) is 0 Å². The van der Waals surface area contributed by atoms with Crippen LogP contribution in [-0.4, -0.2) is 35.5 Å². The lowest BCUT2D eigenvalue weighted by atomic mass is 10.0. The van der Waals surface area contributed by atoms with E-state index in [0.717, 1.165) is 35.4 Å². The van der Waals surface area contributed by atoms with Crippen molar-refractivity contribution in [1.29, 1.82) is 0 Å². The largest absolute Gasteiger partial charge is 0.378 e. The van der Waals surface area contributed by atoms with Crippen molar-refractivity contribution in [2.24, 2.45) is 0 Å². The molecule has 0 bridgehead atoms. The summed E-state index contributed by atoms with van der Waals surface area (Å²) in [5.41, 5.74) is 3.20. The first-order valence-corrected chi connectivity index (χ1v) is 6.87. The second-order valence-corrected chi connectivity index (χ2v) is 5.56. The van der Waals surface area contributed by atoms with Crippen molar-refractivity contribution in [3.63, 3.8) is 0 Å². The fraction of sp³-hybridized carbons (Fsp3) is 0.500. The molecule has 0 spiro atoms. The molecular weight excluding hydrogens is 260 g/mol. The van der Waals surface area contributed by atoms with Crippen LogP contribution in [0, 0.1) is 11.7 Å². The summed E-state index contributed by atoms with van der Waals surface area (Å²) in [7, 11) is 1.75. The predicted octanol–water partition coefficient (Wildman–Crippen LogP) is 2.81. The van der Waals surface area contributed by atoms with E-state index < -0.39 is 0 Å². The van der Waals surface area contributed by atoms with E-state index in [2.05, 4.69) is 28.6 Å². The molecule has 0 saturated carbocycles. The molecule has 1 fully saturated rings. The molecule has 1 aromatic heterocycles. The van der Waals surface area contributed by atoms with E-state index in [4.69, 9.17) is 21.7 Å². The lowest BCUT2D eigenvalue weighted by Gasteiger charge is -2.26. The minimum absolute atomic E-state index is 0.254. The van der Waals surface area contributed by atoms with Gasteiger partial charge < -0.3 is 19.0 Å². The molecule has 1 aliphatic rings. The van der Waals surface area contributed by atoms with Gasteiger partial charge >= 0.3 is 0 Å². The summed E-state index contributed by atoms with van der Waals surface area (Å²) in [6.45, 7) is 4.21. The number of hydrogen-bond acceptors (Lipinski definition) is 3. The number of nitrogens with zero attached hydrogens (tertiary/aromatic N) is 1. The van der Waals surface area contributed by atoms with E-state index >= 15 is 0 Å². The highest BCUT2D eigenvalue weighted by atomic mass is 32.1.